The number of likely N-dealkylation sites (tertiary alicyclic amines) is 1. The Morgan fingerprint density at radius 3 is 2.55 bits per heavy atom. The third-order valence-corrected chi connectivity index (χ3v) is 3.31. The van der Waals surface area contributed by atoms with Crippen LogP contribution in [-0.4, -0.2) is 34.9 Å². The molecule has 0 atom stereocenters. The van der Waals surface area contributed by atoms with Crippen LogP contribution < -0.4 is 10.5 Å². The second-order valence-corrected chi connectivity index (χ2v) is 4.94. The normalized spacial score (nSPS) is 14.7. The summed E-state index contributed by atoms with van der Waals surface area (Å²) in [4.78, 5) is 24.4. The van der Waals surface area contributed by atoms with Crippen molar-refractivity contribution in [2.45, 2.75) is 19.3 Å². The highest BCUT2D eigenvalue weighted by Crippen LogP contribution is 2.18. The number of amides is 2. The molecule has 20 heavy (non-hydrogen) atoms. The highest BCUT2D eigenvalue weighted by atomic mass is 32.1. The Morgan fingerprint density at radius 2 is 1.90 bits per heavy atom. The summed E-state index contributed by atoms with van der Waals surface area (Å²) in [6.45, 7) is 0.795. The van der Waals surface area contributed by atoms with Crippen molar-refractivity contribution < 1.29 is 14.3 Å². The Labute approximate surface area is 122 Å². The van der Waals surface area contributed by atoms with E-state index in [9.17, 15) is 9.59 Å². The van der Waals surface area contributed by atoms with Crippen LogP contribution in [0.15, 0.2) is 24.3 Å². The lowest BCUT2D eigenvalue weighted by molar-refractivity contribution is -0.138. The number of ether oxygens (including phenoxy) is 1. The van der Waals surface area contributed by atoms with Gasteiger partial charge in [-0.2, -0.15) is 0 Å². The summed E-state index contributed by atoms with van der Waals surface area (Å²) in [5.41, 5.74) is 6.30. The molecule has 2 rings (SSSR count). The van der Waals surface area contributed by atoms with E-state index >= 15 is 0 Å². The SMILES string of the molecule is NC(=S)c1ccccc1OCCCN1C(=O)CCC1=O. The molecule has 0 aliphatic carbocycles. The van der Waals surface area contributed by atoms with Gasteiger partial charge >= 0.3 is 0 Å². The number of carbonyl (C=O) groups is 2. The Morgan fingerprint density at radius 1 is 1.25 bits per heavy atom. The van der Waals surface area contributed by atoms with Gasteiger partial charge in [-0.1, -0.05) is 24.4 Å². The van der Waals surface area contributed by atoms with E-state index in [1.807, 2.05) is 12.1 Å². The van der Waals surface area contributed by atoms with E-state index in [0.717, 1.165) is 0 Å². The summed E-state index contributed by atoms with van der Waals surface area (Å²) >= 11 is 4.95. The number of hydrogen-bond donors (Lipinski definition) is 1. The van der Waals surface area contributed by atoms with Crippen molar-refractivity contribution in [1.82, 2.24) is 4.90 Å². The first kappa shape index (κ1) is 14.5. The molecule has 1 heterocycles. The first-order valence-corrected chi connectivity index (χ1v) is 6.85. The molecular formula is C14H16N2O3S. The van der Waals surface area contributed by atoms with Crippen molar-refractivity contribution in [1.29, 1.82) is 0 Å². The quantitative estimate of drug-likeness (QED) is 0.485. The zero-order valence-corrected chi connectivity index (χ0v) is 11.8. The molecule has 1 fully saturated rings. The lowest BCUT2D eigenvalue weighted by Gasteiger charge is -2.14. The molecule has 2 amide bonds. The van der Waals surface area contributed by atoms with Crippen LogP contribution >= 0.6 is 12.2 Å². The standard InChI is InChI=1S/C14H16N2O3S/c15-14(20)10-4-1-2-5-11(10)19-9-3-8-16-12(17)6-7-13(16)18/h1-2,4-5H,3,6-9H2,(H2,15,20). The molecule has 0 bridgehead atoms. The highest BCUT2D eigenvalue weighted by Gasteiger charge is 2.27. The molecular weight excluding hydrogens is 276 g/mol. The van der Waals surface area contributed by atoms with Crippen molar-refractivity contribution in [2.24, 2.45) is 5.73 Å². The second kappa shape index (κ2) is 6.47. The number of hydrogen-bond acceptors (Lipinski definition) is 4. The summed E-state index contributed by atoms with van der Waals surface area (Å²) in [6.07, 6.45) is 1.23. The van der Waals surface area contributed by atoms with Gasteiger partial charge in [-0.15, -0.1) is 0 Å². The number of imide groups is 1. The van der Waals surface area contributed by atoms with Crippen molar-refractivity contribution in [3.05, 3.63) is 29.8 Å². The zero-order valence-electron chi connectivity index (χ0n) is 11.0. The summed E-state index contributed by atoms with van der Waals surface area (Å²) in [6, 6.07) is 7.26. The van der Waals surface area contributed by atoms with Gasteiger partial charge in [0.25, 0.3) is 0 Å². The molecule has 0 aromatic heterocycles. The number of benzene rings is 1. The molecule has 1 aromatic rings. The summed E-state index contributed by atoms with van der Waals surface area (Å²) in [5, 5.41) is 0. The van der Waals surface area contributed by atoms with Gasteiger partial charge in [0.15, 0.2) is 0 Å². The number of para-hydroxylation sites is 1. The molecule has 6 heteroatoms. The van der Waals surface area contributed by atoms with Crippen LogP contribution in [-0.2, 0) is 9.59 Å². The minimum Gasteiger partial charge on any atom is -0.493 e. The van der Waals surface area contributed by atoms with E-state index in [1.54, 1.807) is 12.1 Å². The van der Waals surface area contributed by atoms with Gasteiger partial charge in [0.05, 0.1) is 12.2 Å². The fraction of sp³-hybridized carbons (Fsp3) is 0.357. The zero-order chi connectivity index (χ0) is 14.5. The summed E-state index contributed by atoms with van der Waals surface area (Å²) in [7, 11) is 0. The minimum atomic E-state index is -0.0986. The Hall–Kier alpha value is -1.95. The van der Waals surface area contributed by atoms with Gasteiger partial charge in [-0.3, -0.25) is 14.5 Å². The lowest BCUT2D eigenvalue weighted by atomic mass is 10.2. The molecule has 0 saturated carbocycles. The third kappa shape index (κ3) is 3.33. The van der Waals surface area contributed by atoms with E-state index in [4.69, 9.17) is 22.7 Å². The largest absolute Gasteiger partial charge is 0.493 e. The van der Waals surface area contributed by atoms with Crippen LogP contribution in [0.4, 0.5) is 0 Å². The number of rotatable bonds is 6. The van der Waals surface area contributed by atoms with Crippen molar-refractivity contribution in [3.8, 4) is 5.75 Å². The predicted molar refractivity (Wildman–Crippen MR) is 78.4 cm³/mol. The predicted octanol–water partition coefficient (Wildman–Crippen LogP) is 1.24. The van der Waals surface area contributed by atoms with Gasteiger partial charge in [0.1, 0.15) is 10.7 Å². The first-order valence-electron chi connectivity index (χ1n) is 6.44. The maximum absolute atomic E-state index is 11.4. The Bertz CT molecular complexity index is 529. The molecule has 0 unspecified atom stereocenters. The molecule has 2 N–H and O–H groups in total. The Balaban J connectivity index is 1.83. The average Bonchev–Trinajstić information content (AvgIpc) is 2.75. The van der Waals surface area contributed by atoms with Crippen LogP contribution in [0, 0.1) is 0 Å². The third-order valence-electron chi connectivity index (χ3n) is 3.09. The van der Waals surface area contributed by atoms with Gasteiger partial charge in [-0.25, -0.2) is 0 Å². The minimum absolute atomic E-state index is 0.0986. The topological polar surface area (TPSA) is 72.6 Å². The monoisotopic (exact) mass is 292 g/mol. The van der Waals surface area contributed by atoms with Gasteiger partial charge < -0.3 is 10.5 Å². The van der Waals surface area contributed by atoms with Crippen LogP contribution in [0.1, 0.15) is 24.8 Å². The molecule has 5 nitrogen and oxygen atoms in total. The number of nitrogens with zero attached hydrogens (tertiary/aromatic N) is 1. The molecule has 0 spiro atoms. The smallest absolute Gasteiger partial charge is 0.229 e. The summed E-state index contributed by atoms with van der Waals surface area (Å²) in [5.74, 6) is 0.427. The molecule has 1 aromatic carbocycles. The van der Waals surface area contributed by atoms with Gasteiger partial charge in [0, 0.05) is 19.4 Å². The molecule has 0 radical (unpaired) electrons. The van der Waals surface area contributed by atoms with Crippen LogP contribution in [0.25, 0.3) is 0 Å². The van der Waals surface area contributed by atoms with Gasteiger partial charge in [-0.05, 0) is 18.6 Å². The van der Waals surface area contributed by atoms with E-state index < -0.39 is 0 Å². The summed E-state index contributed by atoms with van der Waals surface area (Å²) < 4.78 is 5.61. The van der Waals surface area contributed by atoms with Crippen LogP contribution in [0.5, 0.6) is 5.75 Å². The van der Waals surface area contributed by atoms with Crippen molar-refractivity contribution in [3.63, 3.8) is 0 Å². The lowest BCUT2D eigenvalue weighted by Crippen LogP contribution is -2.30. The van der Waals surface area contributed by atoms with E-state index in [0.29, 0.717) is 43.7 Å². The van der Waals surface area contributed by atoms with Crippen LogP contribution in [0.3, 0.4) is 0 Å². The Kier molecular flexibility index (Phi) is 4.68. The van der Waals surface area contributed by atoms with E-state index in [1.165, 1.54) is 4.90 Å². The number of nitrogens with two attached hydrogens (primary N) is 1. The second-order valence-electron chi connectivity index (χ2n) is 4.50. The van der Waals surface area contributed by atoms with E-state index in [2.05, 4.69) is 0 Å². The fourth-order valence-corrected chi connectivity index (χ4v) is 2.24. The number of carbonyl (C=O) groups excluding carboxylic acids is 2. The maximum atomic E-state index is 11.4. The van der Waals surface area contributed by atoms with E-state index in [-0.39, 0.29) is 16.8 Å². The van der Waals surface area contributed by atoms with Crippen LogP contribution in [0.2, 0.25) is 0 Å². The average molecular weight is 292 g/mol. The first-order chi connectivity index (χ1) is 9.59. The maximum Gasteiger partial charge on any atom is 0.229 e. The van der Waals surface area contributed by atoms with Gasteiger partial charge in [0.2, 0.25) is 11.8 Å². The number of thiocarbonyl (C=S) groups is 1. The molecule has 106 valence electrons. The van der Waals surface area contributed by atoms with Crippen molar-refractivity contribution >= 4 is 29.0 Å². The van der Waals surface area contributed by atoms with Crippen molar-refractivity contribution in [2.75, 3.05) is 13.2 Å². The molecule has 1 saturated heterocycles. The molecule has 1 aliphatic rings. The highest BCUT2D eigenvalue weighted by molar-refractivity contribution is 7.80. The molecule has 1 aliphatic heterocycles. The fourth-order valence-electron chi connectivity index (χ4n) is 2.07.